The molecular formula is C15H23NO3. The number of anilines is 1. The second-order valence-electron chi connectivity index (χ2n) is 5.78. The van der Waals surface area contributed by atoms with Crippen LogP contribution in [0, 0.1) is 20.8 Å². The number of hydrogen-bond acceptors (Lipinski definition) is 2. The van der Waals surface area contributed by atoms with Crippen LogP contribution in [0.25, 0.3) is 0 Å². The third-order valence-electron chi connectivity index (χ3n) is 3.31. The lowest BCUT2D eigenvalue weighted by molar-refractivity contribution is 0.195. The molecule has 0 heterocycles. The van der Waals surface area contributed by atoms with Crippen molar-refractivity contribution in [1.82, 2.24) is 0 Å². The molecule has 0 aliphatic carbocycles. The fraction of sp³-hybridized carbons (Fsp3) is 0.533. The molecule has 4 nitrogen and oxygen atoms in total. The zero-order chi connectivity index (χ0) is 15.0. The molecule has 106 valence electrons. The van der Waals surface area contributed by atoms with Crippen LogP contribution in [0.1, 0.15) is 37.5 Å². The fourth-order valence-electron chi connectivity index (χ4n) is 2.31. The molecule has 1 N–H and O–H groups in total. The standard InChI is InChI=1S/C15H23NO3/c1-9-8-12(19-7)10(2)11(3)13(9)16(14(17)18)15(4,5)6/h8H,1-7H3,(H,17,18). The van der Waals surface area contributed by atoms with E-state index >= 15 is 0 Å². The molecule has 0 aliphatic rings. The first-order chi connectivity index (χ1) is 8.61. The van der Waals surface area contributed by atoms with Crippen molar-refractivity contribution in [3.8, 4) is 5.75 Å². The Bertz CT molecular complexity index is 501. The Morgan fingerprint density at radius 3 is 2.11 bits per heavy atom. The van der Waals surface area contributed by atoms with Crippen molar-refractivity contribution in [2.45, 2.75) is 47.1 Å². The van der Waals surface area contributed by atoms with Crippen LogP contribution in [0.4, 0.5) is 10.5 Å². The molecule has 0 atom stereocenters. The summed E-state index contributed by atoms with van der Waals surface area (Å²) in [6.07, 6.45) is -0.941. The Kier molecular flexibility index (Phi) is 4.13. The Morgan fingerprint density at radius 1 is 1.21 bits per heavy atom. The van der Waals surface area contributed by atoms with Crippen molar-refractivity contribution in [3.63, 3.8) is 0 Å². The Labute approximate surface area is 115 Å². The average Bonchev–Trinajstić information content (AvgIpc) is 2.26. The lowest BCUT2D eigenvalue weighted by Gasteiger charge is -2.36. The van der Waals surface area contributed by atoms with Gasteiger partial charge in [0.15, 0.2) is 0 Å². The molecule has 19 heavy (non-hydrogen) atoms. The minimum Gasteiger partial charge on any atom is -0.496 e. The van der Waals surface area contributed by atoms with Gasteiger partial charge in [-0.15, -0.1) is 0 Å². The monoisotopic (exact) mass is 265 g/mol. The van der Waals surface area contributed by atoms with Gasteiger partial charge in [-0.3, -0.25) is 4.90 Å². The number of methoxy groups -OCH3 is 1. The van der Waals surface area contributed by atoms with Crippen molar-refractivity contribution in [2.24, 2.45) is 0 Å². The maximum Gasteiger partial charge on any atom is 0.412 e. The molecule has 0 saturated heterocycles. The summed E-state index contributed by atoms with van der Waals surface area (Å²) in [4.78, 5) is 13.0. The van der Waals surface area contributed by atoms with Crippen LogP contribution in [0.2, 0.25) is 0 Å². The lowest BCUT2D eigenvalue weighted by atomic mass is 9.97. The van der Waals surface area contributed by atoms with E-state index < -0.39 is 11.6 Å². The summed E-state index contributed by atoms with van der Waals surface area (Å²) in [7, 11) is 1.62. The van der Waals surface area contributed by atoms with Crippen molar-refractivity contribution in [1.29, 1.82) is 0 Å². The molecule has 1 aromatic rings. The van der Waals surface area contributed by atoms with Gasteiger partial charge in [-0.05, 0) is 64.3 Å². The first-order valence-corrected chi connectivity index (χ1v) is 6.29. The number of rotatable bonds is 2. The van der Waals surface area contributed by atoms with Crippen molar-refractivity contribution >= 4 is 11.8 Å². The zero-order valence-corrected chi connectivity index (χ0v) is 12.8. The van der Waals surface area contributed by atoms with Gasteiger partial charge >= 0.3 is 6.09 Å². The molecule has 0 radical (unpaired) electrons. The van der Waals surface area contributed by atoms with E-state index in [9.17, 15) is 9.90 Å². The molecule has 4 heteroatoms. The van der Waals surface area contributed by atoms with E-state index in [-0.39, 0.29) is 0 Å². The summed E-state index contributed by atoms with van der Waals surface area (Å²) in [5.74, 6) is 0.790. The number of amides is 1. The number of ether oxygens (including phenoxy) is 1. The molecule has 0 saturated carbocycles. The van der Waals surface area contributed by atoms with Crippen molar-refractivity contribution in [2.75, 3.05) is 12.0 Å². The second kappa shape index (κ2) is 5.11. The summed E-state index contributed by atoms with van der Waals surface area (Å²) in [6, 6.07) is 1.89. The summed E-state index contributed by atoms with van der Waals surface area (Å²) in [5.41, 5.74) is 3.06. The average molecular weight is 265 g/mol. The van der Waals surface area contributed by atoms with E-state index in [2.05, 4.69) is 0 Å². The van der Waals surface area contributed by atoms with Crippen LogP contribution in [0.5, 0.6) is 5.75 Å². The van der Waals surface area contributed by atoms with Gasteiger partial charge in [-0.2, -0.15) is 0 Å². The fourth-order valence-corrected chi connectivity index (χ4v) is 2.31. The number of nitrogens with zero attached hydrogens (tertiary/aromatic N) is 1. The SMILES string of the molecule is COc1cc(C)c(N(C(=O)O)C(C)(C)C)c(C)c1C. The van der Waals surface area contributed by atoms with Gasteiger partial charge < -0.3 is 9.84 Å². The summed E-state index contributed by atoms with van der Waals surface area (Å²) >= 11 is 0. The number of benzene rings is 1. The molecule has 1 rings (SSSR count). The van der Waals surface area contributed by atoms with E-state index in [1.165, 1.54) is 4.90 Å². The molecule has 0 aliphatic heterocycles. The molecule has 0 spiro atoms. The number of hydrogen-bond donors (Lipinski definition) is 1. The van der Waals surface area contributed by atoms with Gasteiger partial charge in [0.25, 0.3) is 0 Å². The van der Waals surface area contributed by atoms with Crippen LogP contribution < -0.4 is 9.64 Å². The molecule has 0 aromatic heterocycles. The first-order valence-electron chi connectivity index (χ1n) is 6.29. The van der Waals surface area contributed by atoms with Gasteiger partial charge in [0, 0.05) is 5.54 Å². The van der Waals surface area contributed by atoms with Crippen LogP contribution in [-0.4, -0.2) is 23.8 Å². The van der Waals surface area contributed by atoms with E-state index in [0.717, 1.165) is 28.1 Å². The summed E-state index contributed by atoms with van der Waals surface area (Å²) in [6.45, 7) is 11.5. The van der Waals surface area contributed by atoms with Gasteiger partial charge in [0.05, 0.1) is 12.8 Å². The highest BCUT2D eigenvalue weighted by atomic mass is 16.5. The third-order valence-corrected chi connectivity index (χ3v) is 3.31. The van der Waals surface area contributed by atoms with Crippen LogP contribution >= 0.6 is 0 Å². The highest BCUT2D eigenvalue weighted by molar-refractivity contribution is 5.90. The molecule has 0 bridgehead atoms. The zero-order valence-electron chi connectivity index (χ0n) is 12.8. The maximum atomic E-state index is 11.6. The first kappa shape index (κ1) is 15.3. The van der Waals surface area contributed by atoms with Gasteiger partial charge in [0.1, 0.15) is 5.75 Å². The Hall–Kier alpha value is -1.71. The topological polar surface area (TPSA) is 49.8 Å². The largest absolute Gasteiger partial charge is 0.496 e. The predicted molar refractivity (Wildman–Crippen MR) is 77.5 cm³/mol. The number of carbonyl (C=O) groups is 1. The van der Waals surface area contributed by atoms with E-state index in [4.69, 9.17) is 4.74 Å². The van der Waals surface area contributed by atoms with E-state index in [0.29, 0.717) is 0 Å². The van der Waals surface area contributed by atoms with Crippen molar-refractivity contribution < 1.29 is 14.6 Å². The van der Waals surface area contributed by atoms with E-state index in [1.54, 1.807) is 7.11 Å². The lowest BCUT2D eigenvalue weighted by Crippen LogP contribution is -2.46. The highest BCUT2D eigenvalue weighted by Crippen LogP contribution is 2.36. The molecule has 0 unspecified atom stereocenters. The Balaban J connectivity index is 3.58. The second-order valence-corrected chi connectivity index (χ2v) is 5.78. The quantitative estimate of drug-likeness (QED) is 0.882. The molecular weight excluding hydrogens is 242 g/mol. The number of aryl methyl sites for hydroxylation is 1. The van der Waals surface area contributed by atoms with Gasteiger partial charge in [-0.25, -0.2) is 4.79 Å². The van der Waals surface area contributed by atoms with Crippen molar-refractivity contribution in [3.05, 3.63) is 22.8 Å². The summed E-state index contributed by atoms with van der Waals surface area (Å²) in [5, 5.41) is 9.52. The molecule has 1 amide bonds. The van der Waals surface area contributed by atoms with Crippen LogP contribution in [0.3, 0.4) is 0 Å². The normalized spacial score (nSPS) is 11.3. The number of carboxylic acid groups (broad SMARTS) is 1. The third kappa shape index (κ3) is 2.83. The minimum absolute atomic E-state index is 0.498. The molecule has 1 aromatic carbocycles. The minimum atomic E-state index is -0.941. The Morgan fingerprint density at radius 2 is 1.74 bits per heavy atom. The van der Waals surface area contributed by atoms with Gasteiger partial charge in [-0.1, -0.05) is 0 Å². The smallest absolute Gasteiger partial charge is 0.412 e. The summed E-state index contributed by atoms with van der Waals surface area (Å²) < 4.78 is 5.32. The predicted octanol–water partition coefficient (Wildman–Crippen LogP) is 3.90. The maximum absolute atomic E-state index is 11.6. The highest BCUT2D eigenvalue weighted by Gasteiger charge is 2.31. The van der Waals surface area contributed by atoms with Gasteiger partial charge in [0.2, 0.25) is 0 Å². The van der Waals surface area contributed by atoms with Crippen LogP contribution in [0.15, 0.2) is 6.07 Å². The van der Waals surface area contributed by atoms with Crippen LogP contribution in [-0.2, 0) is 0 Å². The molecule has 0 fully saturated rings. The van der Waals surface area contributed by atoms with E-state index in [1.807, 2.05) is 47.6 Å².